The maximum atomic E-state index is 12.5. The van der Waals surface area contributed by atoms with Crippen LogP contribution in [0.25, 0.3) is 0 Å². The fraction of sp³-hybridized carbons (Fsp3) is 0.231. The number of rotatable bonds is 2. The van der Waals surface area contributed by atoms with Crippen molar-refractivity contribution in [1.29, 1.82) is 0 Å². The third kappa shape index (κ3) is 1.56. The number of carbonyl (C=O) groups excluding carboxylic acids is 1. The SMILES string of the molecule is CC1(c2cnc[nH]2)Cc2ccc([N+](=O)[O-])cc2C1=O. The summed E-state index contributed by atoms with van der Waals surface area (Å²) in [5.41, 5.74) is 1.24. The molecule has 6 heteroatoms. The van der Waals surface area contributed by atoms with E-state index in [9.17, 15) is 14.9 Å². The molecule has 0 saturated carbocycles. The maximum absolute atomic E-state index is 12.5. The molecule has 0 fully saturated rings. The van der Waals surface area contributed by atoms with Crippen LogP contribution in [0.2, 0.25) is 0 Å². The number of aromatic amines is 1. The molecule has 1 unspecified atom stereocenters. The molecular formula is C13H11N3O3. The molecule has 2 aromatic rings. The van der Waals surface area contributed by atoms with Gasteiger partial charge in [-0.05, 0) is 18.9 Å². The monoisotopic (exact) mass is 257 g/mol. The van der Waals surface area contributed by atoms with Crippen LogP contribution < -0.4 is 0 Å². The standard InChI is InChI=1S/C13H11N3O3/c1-13(11-6-14-7-15-11)5-8-2-3-9(16(18)19)4-10(8)12(13)17/h2-4,6-7H,5H2,1H3,(H,14,15). The van der Waals surface area contributed by atoms with Crippen molar-refractivity contribution in [1.82, 2.24) is 9.97 Å². The van der Waals surface area contributed by atoms with Crippen molar-refractivity contribution >= 4 is 11.5 Å². The minimum Gasteiger partial charge on any atom is -0.348 e. The Labute approximate surface area is 108 Å². The molecule has 0 aliphatic heterocycles. The van der Waals surface area contributed by atoms with Crippen LogP contribution in [0, 0.1) is 10.1 Å². The zero-order valence-electron chi connectivity index (χ0n) is 10.2. The maximum Gasteiger partial charge on any atom is 0.270 e. The predicted octanol–water partition coefficient (Wildman–Crippen LogP) is 2.01. The first kappa shape index (κ1) is 11.6. The second-order valence-electron chi connectivity index (χ2n) is 4.90. The number of nitrogens with zero attached hydrogens (tertiary/aromatic N) is 2. The van der Waals surface area contributed by atoms with Gasteiger partial charge in [-0.3, -0.25) is 14.9 Å². The number of fused-ring (bicyclic) bond motifs is 1. The highest BCUT2D eigenvalue weighted by molar-refractivity contribution is 6.08. The van der Waals surface area contributed by atoms with E-state index in [2.05, 4.69) is 9.97 Å². The van der Waals surface area contributed by atoms with Crippen molar-refractivity contribution in [3.05, 3.63) is 57.7 Å². The molecule has 96 valence electrons. The predicted molar refractivity (Wildman–Crippen MR) is 67.1 cm³/mol. The van der Waals surface area contributed by atoms with Gasteiger partial charge in [0.05, 0.1) is 16.7 Å². The zero-order valence-corrected chi connectivity index (χ0v) is 10.2. The van der Waals surface area contributed by atoms with Gasteiger partial charge in [-0.1, -0.05) is 6.07 Å². The second-order valence-corrected chi connectivity index (χ2v) is 4.90. The van der Waals surface area contributed by atoms with Gasteiger partial charge in [0.1, 0.15) is 0 Å². The number of H-pyrrole nitrogens is 1. The minimum atomic E-state index is -0.714. The lowest BCUT2D eigenvalue weighted by Gasteiger charge is -2.19. The number of non-ortho nitro benzene ring substituents is 1. The van der Waals surface area contributed by atoms with Crippen LogP contribution in [0.5, 0.6) is 0 Å². The first-order valence-corrected chi connectivity index (χ1v) is 5.83. The molecule has 0 amide bonds. The second kappa shape index (κ2) is 3.74. The molecule has 1 aliphatic carbocycles. The third-order valence-electron chi connectivity index (χ3n) is 3.69. The Morgan fingerprint density at radius 1 is 1.47 bits per heavy atom. The van der Waals surface area contributed by atoms with Gasteiger partial charge in [0.15, 0.2) is 5.78 Å². The lowest BCUT2D eigenvalue weighted by molar-refractivity contribution is -0.384. The van der Waals surface area contributed by atoms with E-state index in [1.807, 2.05) is 6.92 Å². The molecule has 6 nitrogen and oxygen atoms in total. The molecule has 0 spiro atoms. The first-order valence-electron chi connectivity index (χ1n) is 5.83. The highest BCUT2D eigenvalue weighted by Gasteiger charge is 2.44. The summed E-state index contributed by atoms with van der Waals surface area (Å²) in [7, 11) is 0. The van der Waals surface area contributed by atoms with Crippen molar-refractivity contribution in [2.75, 3.05) is 0 Å². The number of hydrogen-bond acceptors (Lipinski definition) is 4. The van der Waals surface area contributed by atoms with E-state index in [0.29, 0.717) is 12.0 Å². The van der Waals surface area contributed by atoms with Gasteiger partial charge in [-0.15, -0.1) is 0 Å². The van der Waals surface area contributed by atoms with E-state index < -0.39 is 10.3 Å². The zero-order chi connectivity index (χ0) is 13.6. The van der Waals surface area contributed by atoms with E-state index in [0.717, 1.165) is 11.3 Å². The topological polar surface area (TPSA) is 88.9 Å². The molecule has 1 aliphatic rings. The minimum absolute atomic E-state index is 0.0547. The molecule has 3 rings (SSSR count). The molecule has 1 aromatic heterocycles. The summed E-state index contributed by atoms with van der Waals surface area (Å²) in [6.45, 7) is 1.83. The average molecular weight is 257 g/mol. The number of nitro benzene ring substituents is 1. The summed E-state index contributed by atoms with van der Waals surface area (Å²) in [4.78, 5) is 29.7. The highest BCUT2D eigenvalue weighted by atomic mass is 16.6. The lowest BCUT2D eigenvalue weighted by Crippen LogP contribution is -2.29. The molecule has 0 saturated heterocycles. The van der Waals surface area contributed by atoms with Gasteiger partial charge in [-0.25, -0.2) is 4.98 Å². The average Bonchev–Trinajstić information content (AvgIpc) is 2.98. The van der Waals surface area contributed by atoms with Gasteiger partial charge in [0.2, 0.25) is 0 Å². The molecule has 1 atom stereocenters. The van der Waals surface area contributed by atoms with Crippen LogP contribution in [0.1, 0.15) is 28.5 Å². The number of aromatic nitrogens is 2. The Kier molecular flexibility index (Phi) is 2.28. The Bertz CT molecular complexity index is 678. The van der Waals surface area contributed by atoms with E-state index in [-0.39, 0.29) is 11.5 Å². The van der Waals surface area contributed by atoms with Crippen molar-refractivity contribution in [3.8, 4) is 0 Å². The van der Waals surface area contributed by atoms with Crippen molar-refractivity contribution in [2.45, 2.75) is 18.8 Å². The number of imidazole rings is 1. The number of hydrogen-bond donors (Lipinski definition) is 1. The fourth-order valence-electron chi connectivity index (χ4n) is 2.58. The lowest BCUT2D eigenvalue weighted by atomic mass is 9.83. The molecule has 1 heterocycles. The van der Waals surface area contributed by atoms with Crippen LogP contribution in [0.15, 0.2) is 30.7 Å². The molecular weight excluding hydrogens is 246 g/mol. The van der Waals surface area contributed by atoms with Crippen LogP contribution >= 0.6 is 0 Å². The van der Waals surface area contributed by atoms with Gasteiger partial charge in [-0.2, -0.15) is 0 Å². The third-order valence-corrected chi connectivity index (χ3v) is 3.69. The number of nitro groups is 1. The Morgan fingerprint density at radius 2 is 2.26 bits per heavy atom. The molecule has 1 N–H and O–H groups in total. The number of nitrogens with one attached hydrogen (secondary N) is 1. The number of Topliss-reactive ketones (excluding diaryl/α,β-unsaturated/α-hetero) is 1. The van der Waals surface area contributed by atoms with Crippen LogP contribution in [-0.4, -0.2) is 20.7 Å². The van der Waals surface area contributed by atoms with E-state index in [1.165, 1.54) is 18.5 Å². The van der Waals surface area contributed by atoms with Gasteiger partial charge < -0.3 is 4.98 Å². The van der Waals surface area contributed by atoms with Crippen molar-refractivity contribution in [2.24, 2.45) is 0 Å². The van der Waals surface area contributed by atoms with Crippen LogP contribution in [0.3, 0.4) is 0 Å². The summed E-state index contributed by atoms with van der Waals surface area (Å²) in [5.74, 6) is -0.101. The van der Waals surface area contributed by atoms with E-state index in [4.69, 9.17) is 0 Å². The van der Waals surface area contributed by atoms with E-state index >= 15 is 0 Å². The van der Waals surface area contributed by atoms with Crippen LogP contribution in [0.4, 0.5) is 5.69 Å². The number of carbonyl (C=O) groups is 1. The summed E-state index contributed by atoms with van der Waals surface area (Å²) in [5, 5.41) is 10.8. The summed E-state index contributed by atoms with van der Waals surface area (Å²) < 4.78 is 0. The summed E-state index contributed by atoms with van der Waals surface area (Å²) in [6.07, 6.45) is 3.68. The first-order chi connectivity index (χ1) is 9.02. The molecule has 0 radical (unpaired) electrons. The quantitative estimate of drug-likeness (QED) is 0.658. The highest BCUT2D eigenvalue weighted by Crippen LogP contribution is 2.39. The van der Waals surface area contributed by atoms with Gasteiger partial charge in [0.25, 0.3) is 5.69 Å². The smallest absolute Gasteiger partial charge is 0.270 e. The van der Waals surface area contributed by atoms with Gasteiger partial charge >= 0.3 is 0 Å². The van der Waals surface area contributed by atoms with Crippen LogP contribution in [-0.2, 0) is 11.8 Å². The number of ketones is 1. The molecule has 0 bridgehead atoms. The van der Waals surface area contributed by atoms with Crippen molar-refractivity contribution < 1.29 is 9.72 Å². The van der Waals surface area contributed by atoms with Crippen molar-refractivity contribution in [3.63, 3.8) is 0 Å². The Morgan fingerprint density at radius 3 is 2.89 bits per heavy atom. The molecule has 1 aromatic carbocycles. The Hall–Kier alpha value is -2.50. The normalized spacial score (nSPS) is 21.4. The Balaban J connectivity index is 2.10. The fourth-order valence-corrected chi connectivity index (χ4v) is 2.58. The van der Waals surface area contributed by atoms with Gasteiger partial charge in [0, 0.05) is 29.6 Å². The summed E-state index contributed by atoms with van der Waals surface area (Å²) in [6, 6.07) is 4.46. The van der Waals surface area contributed by atoms with E-state index in [1.54, 1.807) is 12.3 Å². The number of benzene rings is 1. The largest absolute Gasteiger partial charge is 0.348 e. The summed E-state index contributed by atoms with van der Waals surface area (Å²) >= 11 is 0. The molecule has 19 heavy (non-hydrogen) atoms.